The third kappa shape index (κ3) is 4.59. The summed E-state index contributed by atoms with van der Waals surface area (Å²) in [4.78, 5) is 12.7. The molecule has 3 rings (SSSR count). The largest absolute Gasteiger partial charge is 0.416 e. The molecule has 1 N–H and O–H groups in total. The van der Waals surface area contributed by atoms with Crippen LogP contribution in [0.15, 0.2) is 30.5 Å². The van der Waals surface area contributed by atoms with Crippen LogP contribution in [0.2, 0.25) is 0 Å². The standard InChI is InChI=1S/C20H22F5N3O/c1-28-17(18(21)22)14(11-26-28)19(29)27-16-10-4-2-3-8-13(16)12-7-5-6-9-15(12)20(23,24)25/h5-7,9,11,13,16,18H,2-4,8,10H2,1H3,(H,27,29)/t13-,16-/m0/s1. The molecule has 1 aliphatic carbocycles. The van der Waals surface area contributed by atoms with Crippen molar-refractivity contribution in [2.45, 2.75) is 56.7 Å². The van der Waals surface area contributed by atoms with Crippen molar-refractivity contribution in [1.82, 2.24) is 15.1 Å². The maximum absolute atomic E-state index is 13.5. The van der Waals surface area contributed by atoms with E-state index in [1.807, 2.05) is 0 Å². The van der Waals surface area contributed by atoms with Gasteiger partial charge >= 0.3 is 6.18 Å². The Morgan fingerprint density at radius 2 is 1.86 bits per heavy atom. The van der Waals surface area contributed by atoms with E-state index in [1.54, 1.807) is 6.07 Å². The Hall–Kier alpha value is -2.45. The van der Waals surface area contributed by atoms with E-state index < -0.39 is 41.7 Å². The number of aryl methyl sites for hydroxylation is 1. The van der Waals surface area contributed by atoms with Crippen molar-refractivity contribution in [3.8, 4) is 0 Å². The highest BCUT2D eigenvalue weighted by molar-refractivity contribution is 5.95. The molecule has 0 radical (unpaired) electrons. The topological polar surface area (TPSA) is 46.9 Å². The van der Waals surface area contributed by atoms with E-state index in [1.165, 1.54) is 19.2 Å². The van der Waals surface area contributed by atoms with E-state index in [9.17, 15) is 26.7 Å². The Bertz CT molecular complexity index is 862. The minimum Gasteiger partial charge on any atom is -0.349 e. The van der Waals surface area contributed by atoms with Gasteiger partial charge in [-0.1, -0.05) is 37.5 Å². The quantitative estimate of drug-likeness (QED) is 0.550. The Kier molecular flexibility index (Phi) is 6.24. The third-order valence-corrected chi connectivity index (χ3v) is 5.43. The molecule has 1 fully saturated rings. The molecule has 0 unspecified atom stereocenters. The molecule has 1 saturated carbocycles. The summed E-state index contributed by atoms with van der Waals surface area (Å²) in [5.41, 5.74) is -1.36. The maximum Gasteiger partial charge on any atom is 0.416 e. The zero-order valence-corrected chi connectivity index (χ0v) is 15.8. The van der Waals surface area contributed by atoms with E-state index in [-0.39, 0.29) is 11.1 Å². The highest BCUT2D eigenvalue weighted by Gasteiger charge is 2.38. The van der Waals surface area contributed by atoms with Crippen molar-refractivity contribution in [2.75, 3.05) is 0 Å². The second-order valence-corrected chi connectivity index (χ2v) is 7.28. The third-order valence-electron chi connectivity index (χ3n) is 5.43. The number of nitrogens with zero attached hydrogens (tertiary/aromatic N) is 2. The molecule has 0 bridgehead atoms. The van der Waals surface area contributed by atoms with Crippen LogP contribution in [-0.2, 0) is 13.2 Å². The summed E-state index contributed by atoms with van der Waals surface area (Å²) in [6, 6.07) is 4.77. The van der Waals surface area contributed by atoms with Crippen LogP contribution in [0.5, 0.6) is 0 Å². The summed E-state index contributed by atoms with van der Waals surface area (Å²) in [7, 11) is 1.31. The fourth-order valence-corrected chi connectivity index (χ4v) is 4.06. The van der Waals surface area contributed by atoms with Crippen LogP contribution in [0.4, 0.5) is 22.0 Å². The molecule has 9 heteroatoms. The molecule has 2 aromatic rings. The van der Waals surface area contributed by atoms with Crippen molar-refractivity contribution in [2.24, 2.45) is 7.05 Å². The van der Waals surface area contributed by atoms with Crippen LogP contribution in [0.25, 0.3) is 0 Å². The molecule has 0 saturated heterocycles. The highest BCUT2D eigenvalue weighted by atomic mass is 19.4. The van der Waals surface area contributed by atoms with Crippen molar-refractivity contribution in [1.29, 1.82) is 0 Å². The van der Waals surface area contributed by atoms with Gasteiger partial charge in [-0.25, -0.2) is 8.78 Å². The second kappa shape index (κ2) is 8.51. The normalized spacial score (nSPS) is 20.5. The predicted octanol–water partition coefficient (Wildman–Crippen LogP) is 5.22. The summed E-state index contributed by atoms with van der Waals surface area (Å²) in [5, 5.41) is 6.44. The number of aromatic nitrogens is 2. The first kappa shape index (κ1) is 21.3. The molecule has 1 aliphatic rings. The van der Waals surface area contributed by atoms with Crippen LogP contribution >= 0.6 is 0 Å². The summed E-state index contributed by atoms with van der Waals surface area (Å²) < 4.78 is 68.1. The lowest BCUT2D eigenvalue weighted by molar-refractivity contribution is -0.138. The molecule has 1 aromatic carbocycles. The molecule has 1 aromatic heterocycles. The smallest absolute Gasteiger partial charge is 0.349 e. The van der Waals surface area contributed by atoms with Crippen molar-refractivity contribution < 1.29 is 26.7 Å². The number of hydrogen-bond acceptors (Lipinski definition) is 2. The Balaban J connectivity index is 1.92. The lowest BCUT2D eigenvalue weighted by Crippen LogP contribution is -2.39. The highest BCUT2D eigenvalue weighted by Crippen LogP contribution is 2.40. The van der Waals surface area contributed by atoms with Crippen molar-refractivity contribution in [3.63, 3.8) is 0 Å². The van der Waals surface area contributed by atoms with E-state index in [0.29, 0.717) is 12.8 Å². The predicted molar refractivity (Wildman–Crippen MR) is 96.7 cm³/mol. The zero-order chi connectivity index (χ0) is 21.2. The van der Waals surface area contributed by atoms with Gasteiger partial charge < -0.3 is 5.32 Å². The lowest BCUT2D eigenvalue weighted by Gasteiger charge is -2.29. The van der Waals surface area contributed by atoms with Crippen LogP contribution in [-0.4, -0.2) is 21.7 Å². The number of halogens is 5. The van der Waals surface area contributed by atoms with Crippen molar-refractivity contribution in [3.05, 3.63) is 52.8 Å². The van der Waals surface area contributed by atoms with Gasteiger partial charge in [0, 0.05) is 19.0 Å². The SMILES string of the molecule is Cn1ncc(C(=O)N[C@H]2CCCCC[C@H]2c2ccccc2C(F)(F)F)c1C(F)F. The first-order valence-corrected chi connectivity index (χ1v) is 9.47. The number of nitrogens with one attached hydrogen (secondary N) is 1. The summed E-state index contributed by atoms with van der Waals surface area (Å²) >= 11 is 0. The van der Waals surface area contributed by atoms with Crippen LogP contribution < -0.4 is 5.32 Å². The fraction of sp³-hybridized carbons (Fsp3) is 0.500. The number of amides is 1. The average molecular weight is 415 g/mol. The number of alkyl halides is 5. The molecule has 4 nitrogen and oxygen atoms in total. The zero-order valence-electron chi connectivity index (χ0n) is 15.8. The van der Waals surface area contributed by atoms with Gasteiger partial charge in [0.15, 0.2) is 0 Å². The molecule has 1 heterocycles. The van der Waals surface area contributed by atoms with Crippen molar-refractivity contribution >= 4 is 5.91 Å². The van der Waals surface area contributed by atoms with Gasteiger partial charge in [-0.15, -0.1) is 0 Å². The van der Waals surface area contributed by atoms with Gasteiger partial charge in [0.1, 0.15) is 5.69 Å². The monoisotopic (exact) mass is 415 g/mol. The molecular weight excluding hydrogens is 393 g/mol. The van der Waals surface area contributed by atoms with E-state index in [2.05, 4.69) is 10.4 Å². The minimum atomic E-state index is -4.51. The second-order valence-electron chi connectivity index (χ2n) is 7.28. The lowest BCUT2D eigenvalue weighted by atomic mass is 9.84. The number of hydrogen-bond donors (Lipinski definition) is 1. The maximum atomic E-state index is 13.5. The molecule has 1 amide bonds. The summed E-state index contributed by atoms with van der Waals surface area (Å²) in [6.07, 6.45) is -3.07. The molecule has 0 spiro atoms. The van der Waals surface area contributed by atoms with Crippen LogP contribution in [0.3, 0.4) is 0 Å². The van der Waals surface area contributed by atoms with Gasteiger partial charge in [0.2, 0.25) is 0 Å². The molecule has 158 valence electrons. The van der Waals surface area contributed by atoms with Gasteiger partial charge in [-0.3, -0.25) is 9.48 Å². The first-order valence-electron chi connectivity index (χ1n) is 9.47. The molecule has 29 heavy (non-hydrogen) atoms. The van der Waals surface area contributed by atoms with Gasteiger partial charge in [-0.05, 0) is 24.5 Å². The first-order chi connectivity index (χ1) is 13.7. The van der Waals surface area contributed by atoms with Gasteiger partial charge in [0.25, 0.3) is 12.3 Å². The number of carbonyl (C=O) groups is 1. The molecule has 2 atom stereocenters. The number of benzene rings is 1. The number of carbonyl (C=O) groups excluding carboxylic acids is 1. The van der Waals surface area contributed by atoms with E-state index in [0.717, 1.165) is 36.2 Å². The molecule has 0 aliphatic heterocycles. The average Bonchev–Trinajstić information content (AvgIpc) is 2.90. The Morgan fingerprint density at radius 1 is 1.17 bits per heavy atom. The van der Waals surface area contributed by atoms with Crippen LogP contribution in [0, 0.1) is 0 Å². The Labute approximate surface area is 165 Å². The minimum absolute atomic E-state index is 0.132. The summed E-state index contributed by atoms with van der Waals surface area (Å²) in [5.74, 6) is -1.29. The summed E-state index contributed by atoms with van der Waals surface area (Å²) in [6.45, 7) is 0. The number of rotatable bonds is 4. The van der Waals surface area contributed by atoms with E-state index in [4.69, 9.17) is 0 Å². The van der Waals surface area contributed by atoms with Gasteiger partial charge in [-0.2, -0.15) is 18.3 Å². The van der Waals surface area contributed by atoms with E-state index >= 15 is 0 Å². The Morgan fingerprint density at radius 3 is 2.55 bits per heavy atom. The fourth-order valence-electron chi connectivity index (χ4n) is 4.06. The van der Waals surface area contributed by atoms with Crippen LogP contribution in [0.1, 0.15) is 71.6 Å². The van der Waals surface area contributed by atoms with Gasteiger partial charge in [0.05, 0.1) is 17.3 Å². The molecular formula is C20H22F5N3O.